The molecule has 0 saturated carbocycles. The van der Waals surface area contributed by atoms with Gasteiger partial charge in [0.25, 0.3) is 0 Å². The average Bonchev–Trinajstić information content (AvgIpc) is 3.85. The minimum absolute atomic E-state index is 0. The van der Waals surface area contributed by atoms with Crippen LogP contribution in [0.2, 0.25) is 19.6 Å². The number of benzene rings is 6. The first kappa shape index (κ1) is 38.4. The minimum atomic E-state index is -2.19. The monoisotopic (exact) mass is 1010 g/mol. The predicted octanol–water partition coefficient (Wildman–Crippen LogP) is 14.8. The molecule has 4 nitrogen and oxygen atoms in total. The number of rotatable bonds is 5. The Morgan fingerprint density at radius 2 is 1.57 bits per heavy atom. The molecule has 3 aromatic heterocycles. The Hall–Kier alpha value is -5.50. The molecular formula is C53H46FIrN4SSi. The topological polar surface area (TPSA) is 43.1 Å². The first-order valence-electron chi connectivity index (χ1n) is 21.6. The minimum Gasteiger partial charge on any atom is -0.661 e. The quantitative estimate of drug-likeness (QED) is 0.127. The number of aromatic nitrogens is 2. The van der Waals surface area contributed by atoms with E-state index < -0.39 is 14.9 Å². The third-order valence-electron chi connectivity index (χ3n) is 11.1. The molecule has 0 amide bonds. The third kappa shape index (κ3) is 8.18. The predicted molar refractivity (Wildman–Crippen MR) is 255 cm³/mol. The fraction of sp³-hybridized carbons (Fsp3) is 0.170. The van der Waals surface area contributed by atoms with Gasteiger partial charge in [-0.2, -0.15) is 29.5 Å². The third-order valence-corrected chi connectivity index (χ3v) is 14.3. The van der Waals surface area contributed by atoms with Gasteiger partial charge in [-0.15, -0.1) is 46.5 Å². The second-order valence-electron chi connectivity index (χ2n) is 17.3. The van der Waals surface area contributed by atoms with Crippen molar-refractivity contribution >= 4 is 72.7 Å². The van der Waals surface area contributed by atoms with Gasteiger partial charge in [0.1, 0.15) is 4.83 Å². The first-order chi connectivity index (χ1) is 30.1. The summed E-state index contributed by atoms with van der Waals surface area (Å²) in [4.78, 5) is 12.5. The van der Waals surface area contributed by atoms with Gasteiger partial charge in [0.05, 0.1) is 8.07 Å². The molecule has 1 unspecified atom stereocenters. The molecule has 1 aliphatic heterocycles. The van der Waals surface area contributed by atoms with Crippen molar-refractivity contribution in [3.8, 4) is 22.4 Å². The molecule has 0 aliphatic carbocycles. The Morgan fingerprint density at radius 1 is 0.803 bits per heavy atom. The molecule has 0 N–H and O–H groups in total. The van der Waals surface area contributed by atoms with Crippen LogP contribution in [-0.2, 0) is 25.5 Å². The molecule has 0 radical (unpaired) electrons. The van der Waals surface area contributed by atoms with E-state index in [0.29, 0.717) is 16.8 Å². The van der Waals surface area contributed by atoms with Gasteiger partial charge in [0, 0.05) is 39.3 Å². The zero-order valence-corrected chi connectivity index (χ0v) is 39.1. The molecule has 1 atom stereocenters. The molecule has 0 fully saturated rings. The van der Waals surface area contributed by atoms with Gasteiger partial charge in [-0.25, -0.2) is 4.98 Å². The van der Waals surface area contributed by atoms with Gasteiger partial charge in [0.2, 0.25) is 0 Å². The van der Waals surface area contributed by atoms with E-state index in [0.717, 1.165) is 32.6 Å². The molecule has 1 aliphatic rings. The average molecular weight is 1010 g/mol. The fourth-order valence-corrected chi connectivity index (χ4v) is 10.4. The summed E-state index contributed by atoms with van der Waals surface area (Å²) in [5.74, 6) is -0.381. The summed E-state index contributed by atoms with van der Waals surface area (Å²) in [5, 5.41) is 11.1. The Bertz CT molecular complexity index is 3140. The van der Waals surface area contributed by atoms with Gasteiger partial charge >= 0.3 is 20.1 Å². The molecule has 6 aromatic carbocycles. The first-order valence-corrected chi connectivity index (χ1v) is 24.5. The van der Waals surface area contributed by atoms with Crippen LogP contribution in [-0.4, -0.2) is 18.0 Å². The fourth-order valence-electron chi connectivity index (χ4n) is 7.96. The van der Waals surface area contributed by atoms with Crippen LogP contribution in [0.25, 0.3) is 58.8 Å². The number of fused-ring (bicyclic) bond motifs is 6. The van der Waals surface area contributed by atoms with E-state index >= 15 is 0 Å². The van der Waals surface area contributed by atoms with Gasteiger partial charge in [-0.3, -0.25) is 4.39 Å². The van der Waals surface area contributed by atoms with Gasteiger partial charge in [0.15, 0.2) is 0 Å². The van der Waals surface area contributed by atoms with Crippen LogP contribution >= 0.6 is 11.3 Å². The maximum atomic E-state index is 13.0. The number of aryl methyl sites for hydroxylation is 1. The summed E-state index contributed by atoms with van der Waals surface area (Å²) in [6.07, 6.45) is 3.25. The number of pyridine rings is 2. The van der Waals surface area contributed by atoms with E-state index in [-0.39, 0.29) is 37.5 Å². The van der Waals surface area contributed by atoms with Crippen molar-refractivity contribution in [2.45, 2.75) is 58.8 Å². The largest absolute Gasteiger partial charge is 3.00 e. The number of hydrogen-bond acceptors (Lipinski definition) is 4. The number of thiophene rings is 1. The zero-order chi connectivity index (χ0) is 44.3. The Labute approximate surface area is 381 Å². The van der Waals surface area contributed by atoms with Crippen molar-refractivity contribution in [3.63, 3.8) is 0 Å². The summed E-state index contributed by atoms with van der Waals surface area (Å²) in [6, 6.07) is 51.2. The standard InChI is InChI=1S/C38H29N3S.C15H17FNSi.Ir/c1-38(2,3)26-19-21-32(31(23-26)24-11-5-4-6-12-24)41-33-20-18-25-13-7-8-14-27(25)34(33)40-36(41)30-16-9-15-28-29-17-10-22-39-37(29)42-35(28)30;1-11-9-14(12-5-7-13(16)8-6-12)17-10-15(11)18(2,3)4;/h4-15,17-23,36H,1-3H3;5,7-10H,1-4H3;/q-2;-1;+3/i;1D3;. The van der Waals surface area contributed by atoms with Crippen LogP contribution < -0.4 is 10.1 Å². The van der Waals surface area contributed by atoms with Gasteiger partial charge in [-0.1, -0.05) is 130 Å². The van der Waals surface area contributed by atoms with E-state index in [1.54, 1.807) is 29.7 Å². The van der Waals surface area contributed by atoms with E-state index in [9.17, 15) is 4.39 Å². The van der Waals surface area contributed by atoms with Crippen LogP contribution in [0.1, 0.15) is 47.7 Å². The molecule has 304 valence electrons. The number of anilines is 2. The van der Waals surface area contributed by atoms with Crippen LogP contribution in [0.15, 0.2) is 146 Å². The van der Waals surface area contributed by atoms with Crippen LogP contribution in [0.3, 0.4) is 0 Å². The summed E-state index contributed by atoms with van der Waals surface area (Å²) < 4.78 is 37.4. The number of halogens is 1. The van der Waals surface area contributed by atoms with E-state index in [1.807, 2.05) is 18.3 Å². The molecule has 0 bridgehead atoms. The molecule has 10 rings (SSSR count). The molecule has 4 heterocycles. The summed E-state index contributed by atoms with van der Waals surface area (Å²) in [6.45, 7) is 10.9. The van der Waals surface area contributed by atoms with Crippen molar-refractivity contribution in [1.82, 2.24) is 9.97 Å². The summed E-state index contributed by atoms with van der Waals surface area (Å²) >= 11 is 1.73. The molecule has 0 spiro atoms. The molecule has 0 saturated heterocycles. The van der Waals surface area contributed by atoms with Crippen molar-refractivity contribution in [2.24, 2.45) is 0 Å². The van der Waals surface area contributed by atoms with Crippen LogP contribution in [0.4, 0.5) is 21.5 Å². The van der Waals surface area contributed by atoms with Crippen LogP contribution in [0, 0.1) is 24.8 Å². The summed E-state index contributed by atoms with van der Waals surface area (Å²) in [7, 11) is -1.81. The van der Waals surface area contributed by atoms with Gasteiger partial charge < -0.3 is 15.2 Å². The Morgan fingerprint density at radius 3 is 2.33 bits per heavy atom. The zero-order valence-electron chi connectivity index (χ0n) is 37.8. The number of hydrogen-bond donors (Lipinski definition) is 0. The summed E-state index contributed by atoms with van der Waals surface area (Å²) in [5.41, 5.74) is 9.52. The normalized spacial score (nSPS) is 14.6. The maximum absolute atomic E-state index is 13.0. The SMILES string of the molecule is CC(C)(C)c1ccc(N2c3ccc4ccccc4c3[N-]C2c2[c-]ccc3c2sc2ncccc23)c(-c2ccccc2)c1.[2H]C([2H])([2H])c1cc(-c2[c-]cc(F)cc2)ncc1[Si](C)(C)C.[Ir+3]. The second-order valence-corrected chi connectivity index (χ2v) is 23.3. The second kappa shape index (κ2) is 16.7. The van der Waals surface area contributed by atoms with Gasteiger partial charge in [-0.05, 0) is 80.9 Å². The van der Waals surface area contributed by atoms with E-state index in [1.165, 1.54) is 55.1 Å². The Kier molecular flexibility index (Phi) is 10.5. The van der Waals surface area contributed by atoms with Crippen LogP contribution in [0.5, 0.6) is 0 Å². The molecular weight excluding hydrogens is 964 g/mol. The number of nitrogens with zero attached hydrogens (tertiary/aromatic N) is 4. The van der Waals surface area contributed by atoms with Crippen molar-refractivity contribution in [3.05, 3.63) is 186 Å². The smallest absolute Gasteiger partial charge is 0.661 e. The molecule has 61 heavy (non-hydrogen) atoms. The van der Waals surface area contributed by atoms with E-state index in [4.69, 9.17) is 14.4 Å². The van der Waals surface area contributed by atoms with Crippen molar-refractivity contribution < 1.29 is 28.6 Å². The van der Waals surface area contributed by atoms with Crippen molar-refractivity contribution in [1.29, 1.82) is 0 Å². The molecule has 9 aromatic rings. The molecule has 8 heteroatoms. The Balaban J connectivity index is 0.000000216. The van der Waals surface area contributed by atoms with Crippen molar-refractivity contribution in [2.75, 3.05) is 4.90 Å². The van der Waals surface area contributed by atoms with E-state index in [2.05, 4.69) is 159 Å². The maximum Gasteiger partial charge on any atom is 3.00 e.